The van der Waals surface area contributed by atoms with Crippen molar-refractivity contribution in [3.05, 3.63) is 22.7 Å². The summed E-state index contributed by atoms with van der Waals surface area (Å²) >= 11 is 6.45. The monoisotopic (exact) mass is 412 g/mol. The maximum absolute atomic E-state index is 6.45. The molecule has 0 heterocycles. The lowest BCUT2D eigenvalue weighted by atomic mass is 10.2. The number of benzene rings is 1. The Morgan fingerprint density at radius 1 is 0.893 bits per heavy atom. The highest BCUT2D eigenvalue weighted by Gasteiger charge is 2.12. The van der Waals surface area contributed by atoms with E-state index in [-0.39, 0.29) is 0 Å². The topological polar surface area (TPSA) is 33.7 Å². The van der Waals surface area contributed by atoms with Gasteiger partial charge in [-0.3, -0.25) is 0 Å². The van der Waals surface area contributed by atoms with Gasteiger partial charge in [-0.15, -0.1) is 0 Å². The van der Waals surface area contributed by atoms with Gasteiger partial charge < -0.3 is 19.7 Å². The molecule has 1 aromatic rings. The van der Waals surface area contributed by atoms with Crippen LogP contribution in [0.1, 0.15) is 71.8 Å². The molecule has 162 valence electrons. The quantitative estimate of drug-likeness (QED) is 0.322. The Kier molecular flexibility index (Phi) is 14.2. The van der Waals surface area contributed by atoms with Crippen LogP contribution in [0.5, 0.6) is 11.5 Å². The van der Waals surface area contributed by atoms with E-state index >= 15 is 0 Å². The molecule has 0 atom stereocenters. The smallest absolute Gasteiger partial charge is 0.179 e. The summed E-state index contributed by atoms with van der Waals surface area (Å²) in [5, 5.41) is 4.17. The molecule has 1 rings (SSSR count). The largest absolute Gasteiger partial charge is 0.490 e. The van der Waals surface area contributed by atoms with E-state index < -0.39 is 0 Å². The fraction of sp³-hybridized carbons (Fsp3) is 0.739. The van der Waals surface area contributed by atoms with Crippen molar-refractivity contribution in [1.29, 1.82) is 0 Å². The van der Waals surface area contributed by atoms with Gasteiger partial charge in [0.15, 0.2) is 11.5 Å². The number of halogens is 1. The van der Waals surface area contributed by atoms with Crippen LogP contribution in [-0.4, -0.2) is 44.3 Å². The van der Waals surface area contributed by atoms with Gasteiger partial charge in [-0.05, 0) is 76.5 Å². The van der Waals surface area contributed by atoms with Gasteiger partial charge in [-0.1, -0.05) is 45.2 Å². The maximum Gasteiger partial charge on any atom is 0.179 e. The van der Waals surface area contributed by atoms with Crippen molar-refractivity contribution < 1.29 is 9.47 Å². The highest BCUT2D eigenvalue weighted by molar-refractivity contribution is 6.32. The molecule has 0 aromatic heterocycles. The normalized spacial score (nSPS) is 11.2. The van der Waals surface area contributed by atoms with Crippen LogP contribution in [0.4, 0.5) is 0 Å². The molecule has 0 bridgehead atoms. The zero-order valence-electron chi connectivity index (χ0n) is 18.5. The van der Waals surface area contributed by atoms with E-state index in [1.54, 1.807) is 0 Å². The number of unbranched alkanes of at least 4 members (excludes halogenated alkanes) is 2. The molecule has 0 unspecified atom stereocenters. The van der Waals surface area contributed by atoms with E-state index in [0.717, 1.165) is 37.2 Å². The lowest BCUT2D eigenvalue weighted by molar-refractivity contribution is 0.261. The van der Waals surface area contributed by atoms with Crippen LogP contribution in [0, 0.1) is 0 Å². The fourth-order valence-corrected chi connectivity index (χ4v) is 3.38. The van der Waals surface area contributed by atoms with E-state index in [2.05, 4.69) is 31.0 Å². The summed E-state index contributed by atoms with van der Waals surface area (Å²) in [6.45, 7) is 15.2. The lowest BCUT2D eigenvalue weighted by Gasteiger charge is -2.22. The predicted molar refractivity (Wildman–Crippen MR) is 121 cm³/mol. The van der Waals surface area contributed by atoms with Crippen LogP contribution in [0.15, 0.2) is 12.1 Å². The van der Waals surface area contributed by atoms with E-state index in [9.17, 15) is 0 Å². The van der Waals surface area contributed by atoms with Gasteiger partial charge in [0.05, 0.1) is 18.2 Å². The van der Waals surface area contributed by atoms with Crippen LogP contribution in [0.2, 0.25) is 5.02 Å². The summed E-state index contributed by atoms with van der Waals surface area (Å²) in [6.07, 6.45) is 7.23. The molecule has 0 radical (unpaired) electrons. The van der Waals surface area contributed by atoms with Crippen LogP contribution in [0.25, 0.3) is 0 Å². The molecular formula is C23H41ClN2O2. The Morgan fingerprint density at radius 3 is 2.18 bits per heavy atom. The standard InChI is InChI=1S/C23H41ClN2O2/c1-5-9-13-26(14-10-6-2)15-11-12-25-19-20-17-21(24)23(28-16-7-3)22(18-20)27-8-4/h17-18,25H,5-16,19H2,1-4H3. The van der Waals surface area contributed by atoms with Gasteiger partial charge in [0.2, 0.25) is 0 Å². The van der Waals surface area contributed by atoms with Gasteiger partial charge in [0.1, 0.15) is 0 Å². The first-order chi connectivity index (χ1) is 13.7. The van der Waals surface area contributed by atoms with E-state index in [1.807, 2.05) is 19.1 Å². The molecule has 1 N–H and O–H groups in total. The second-order valence-corrected chi connectivity index (χ2v) is 7.67. The van der Waals surface area contributed by atoms with Crippen molar-refractivity contribution in [2.24, 2.45) is 0 Å². The van der Waals surface area contributed by atoms with Crippen LogP contribution < -0.4 is 14.8 Å². The Bertz CT molecular complexity index is 518. The van der Waals surface area contributed by atoms with Crippen molar-refractivity contribution in [3.8, 4) is 11.5 Å². The third-order valence-corrected chi connectivity index (χ3v) is 4.91. The molecule has 28 heavy (non-hydrogen) atoms. The van der Waals surface area contributed by atoms with Gasteiger partial charge in [-0.25, -0.2) is 0 Å². The minimum absolute atomic E-state index is 0.598. The molecule has 0 saturated heterocycles. The Balaban J connectivity index is 2.48. The predicted octanol–water partition coefficient (Wildman–Crippen LogP) is 5.91. The number of ether oxygens (including phenoxy) is 2. The summed E-state index contributed by atoms with van der Waals surface area (Å²) in [5.74, 6) is 1.40. The third-order valence-electron chi connectivity index (χ3n) is 4.63. The number of rotatable bonds is 17. The van der Waals surface area contributed by atoms with E-state index in [1.165, 1.54) is 45.3 Å². The second-order valence-electron chi connectivity index (χ2n) is 7.27. The van der Waals surface area contributed by atoms with Crippen molar-refractivity contribution >= 4 is 11.6 Å². The molecular weight excluding hydrogens is 372 g/mol. The molecule has 5 heteroatoms. The maximum atomic E-state index is 6.45. The molecule has 0 aliphatic carbocycles. The van der Waals surface area contributed by atoms with Crippen molar-refractivity contribution in [2.45, 2.75) is 72.8 Å². The first kappa shape index (κ1) is 25.1. The summed E-state index contributed by atoms with van der Waals surface area (Å²) in [6, 6.07) is 4.03. The molecule has 0 saturated carbocycles. The van der Waals surface area contributed by atoms with Crippen molar-refractivity contribution in [1.82, 2.24) is 10.2 Å². The van der Waals surface area contributed by atoms with Crippen LogP contribution >= 0.6 is 11.6 Å². The van der Waals surface area contributed by atoms with Crippen LogP contribution in [-0.2, 0) is 6.54 Å². The highest BCUT2D eigenvalue weighted by Crippen LogP contribution is 2.36. The second kappa shape index (κ2) is 15.9. The summed E-state index contributed by atoms with van der Waals surface area (Å²) < 4.78 is 11.5. The first-order valence-corrected chi connectivity index (χ1v) is 11.5. The lowest BCUT2D eigenvalue weighted by Crippen LogP contribution is -2.29. The zero-order chi connectivity index (χ0) is 20.6. The third kappa shape index (κ3) is 9.99. The number of nitrogens with zero attached hydrogens (tertiary/aromatic N) is 1. The average molecular weight is 413 g/mol. The van der Waals surface area contributed by atoms with Gasteiger partial charge >= 0.3 is 0 Å². The molecule has 4 nitrogen and oxygen atoms in total. The van der Waals surface area contributed by atoms with E-state index in [0.29, 0.717) is 24.0 Å². The summed E-state index contributed by atoms with van der Waals surface area (Å²) in [7, 11) is 0. The van der Waals surface area contributed by atoms with Crippen LogP contribution in [0.3, 0.4) is 0 Å². The Labute approximate surface area is 177 Å². The minimum atomic E-state index is 0.598. The highest BCUT2D eigenvalue weighted by atomic mass is 35.5. The van der Waals surface area contributed by atoms with Gasteiger partial charge in [-0.2, -0.15) is 0 Å². The average Bonchev–Trinajstić information content (AvgIpc) is 2.69. The molecule has 1 aromatic carbocycles. The zero-order valence-corrected chi connectivity index (χ0v) is 19.2. The van der Waals surface area contributed by atoms with E-state index in [4.69, 9.17) is 21.1 Å². The Hall–Kier alpha value is -0.970. The first-order valence-electron chi connectivity index (χ1n) is 11.2. The van der Waals surface area contributed by atoms with Gasteiger partial charge in [0.25, 0.3) is 0 Å². The van der Waals surface area contributed by atoms with Crippen molar-refractivity contribution in [2.75, 3.05) is 39.4 Å². The number of nitrogens with one attached hydrogen (secondary N) is 1. The SMILES string of the molecule is CCCCN(CCCC)CCCNCc1cc(Cl)c(OCCC)c(OCC)c1. The Morgan fingerprint density at radius 2 is 1.57 bits per heavy atom. The number of hydrogen-bond donors (Lipinski definition) is 1. The summed E-state index contributed by atoms with van der Waals surface area (Å²) in [5.41, 5.74) is 1.13. The minimum Gasteiger partial charge on any atom is -0.490 e. The number of hydrogen-bond acceptors (Lipinski definition) is 4. The molecule has 0 amide bonds. The molecule has 0 aliphatic rings. The summed E-state index contributed by atoms with van der Waals surface area (Å²) in [4.78, 5) is 2.61. The molecule has 0 fully saturated rings. The molecule has 0 aliphatic heterocycles. The molecule has 0 spiro atoms. The van der Waals surface area contributed by atoms with Gasteiger partial charge in [0, 0.05) is 6.54 Å². The fourth-order valence-electron chi connectivity index (χ4n) is 3.09. The van der Waals surface area contributed by atoms with Crippen molar-refractivity contribution in [3.63, 3.8) is 0 Å².